The molecule has 2 saturated heterocycles. The Morgan fingerprint density at radius 3 is 1.39 bits per heavy atom. The van der Waals surface area contributed by atoms with Gasteiger partial charge in [-0.2, -0.15) is 0 Å². The summed E-state index contributed by atoms with van der Waals surface area (Å²) in [6.45, 7) is 5.63. The van der Waals surface area contributed by atoms with E-state index in [4.69, 9.17) is 0 Å². The van der Waals surface area contributed by atoms with Crippen molar-refractivity contribution in [2.24, 2.45) is 0 Å². The number of amides is 2. The summed E-state index contributed by atoms with van der Waals surface area (Å²) in [6, 6.07) is 9.02. The summed E-state index contributed by atoms with van der Waals surface area (Å²) in [5.74, 6) is -0.316. The van der Waals surface area contributed by atoms with E-state index in [-0.39, 0.29) is 33.0 Å². The molecule has 2 aromatic rings. The summed E-state index contributed by atoms with van der Waals surface area (Å²) in [7, 11) is 3.99. The van der Waals surface area contributed by atoms with Crippen LogP contribution in [0, 0.1) is 20.2 Å². The number of hydrogen-bond acceptors (Lipinski definition) is 9. The fraction of sp³-hybridized carbons (Fsp3) is 0.357. The lowest BCUT2D eigenvalue weighted by Gasteiger charge is -2.31. The van der Waals surface area contributed by atoms with Gasteiger partial charge in [0.2, 0.25) is 11.8 Å². The summed E-state index contributed by atoms with van der Waals surface area (Å²) < 4.78 is 0. The molecule has 2 heterocycles. The Labute approximate surface area is 242 Å². The van der Waals surface area contributed by atoms with Gasteiger partial charge in [-0.15, -0.1) is 0 Å². The second kappa shape index (κ2) is 13.5. The van der Waals surface area contributed by atoms with Crippen molar-refractivity contribution in [1.82, 2.24) is 19.6 Å². The Hall–Kier alpha value is -4.07. The molecule has 0 unspecified atom stereocenters. The molecule has 2 aliphatic heterocycles. The normalized spacial score (nSPS) is 16.9. The van der Waals surface area contributed by atoms with Crippen LogP contribution < -0.4 is 0 Å². The zero-order valence-electron chi connectivity index (χ0n) is 23.0. The highest BCUT2D eigenvalue weighted by Crippen LogP contribution is 2.40. The number of hydrogen-bond donors (Lipinski definition) is 0. The van der Waals surface area contributed by atoms with E-state index in [1.165, 1.54) is 48.6 Å². The van der Waals surface area contributed by atoms with E-state index in [0.717, 1.165) is 37.9 Å². The third kappa shape index (κ3) is 7.99. The fourth-order valence-corrected chi connectivity index (χ4v) is 5.44. The molecule has 0 bridgehead atoms. The molecule has 2 amide bonds. The maximum atomic E-state index is 12.5. The first kappa shape index (κ1) is 29.9. The molecule has 2 aliphatic rings. The first-order valence-corrected chi connectivity index (χ1v) is 14.0. The Kier molecular flexibility index (Phi) is 9.86. The Morgan fingerprint density at radius 2 is 1.05 bits per heavy atom. The predicted molar refractivity (Wildman–Crippen MR) is 157 cm³/mol. The number of carbonyl (C=O) groups excluding carboxylic acids is 2. The zero-order valence-corrected chi connectivity index (χ0v) is 23.8. The van der Waals surface area contributed by atoms with Crippen molar-refractivity contribution in [2.75, 3.05) is 66.5 Å². The number of nitro groups is 2. The van der Waals surface area contributed by atoms with Crippen LogP contribution >= 0.6 is 11.8 Å². The third-order valence-electron chi connectivity index (χ3n) is 7.05. The molecule has 216 valence electrons. The second-order valence-corrected chi connectivity index (χ2v) is 11.1. The van der Waals surface area contributed by atoms with Gasteiger partial charge in [0.1, 0.15) is 0 Å². The number of rotatable bonds is 8. The second-order valence-electron chi connectivity index (χ2n) is 9.99. The SMILES string of the molecule is CN1CCN(C(=O)/C=C/c2ccc(Sc3ccc(/C=C/C(=O)N4CCN(C)CC4)cc3[N+](=O)[O-])c([N+](=O)[O-])c2)CC1. The van der Waals surface area contributed by atoms with Gasteiger partial charge < -0.3 is 19.6 Å². The van der Waals surface area contributed by atoms with Crippen molar-refractivity contribution < 1.29 is 19.4 Å². The van der Waals surface area contributed by atoms with Crippen LogP contribution in [0.1, 0.15) is 11.1 Å². The van der Waals surface area contributed by atoms with Gasteiger partial charge in [-0.1, -0.05) is 23.9 Å². The first-order chi connectivity index (χ1) is 19.6. The summed E-state index contributed by atoms with van der Waals surface area (Å²) >= 11 is 0.918. The van der Waals surface area contributed by atoms with Crippen LogP contribution in [0.4, 0.5) is 11.4 Å². The number of nitro benzene ring substituents is 2. The summed E-state index contributed by atoms with van der Waals surface area (Å²) in [6.07, 6.45) is 5.88. The molecule has 4 rings (SSSR count). The average molecular weight is 581 g/mol. The summed E-state index contributed by atoms with van der Waals surface area (Å²) in [5.41, 5.74) is 0.507. The van der Waals surface area contributed by atoms with E-state index in [9.17, 15) is 29.8 Å². The molecule has 0 aliphatic carbocycles. The Balaban J connectivity index is 1.48. The van der Waals surface area contributed by atoms with Gasteiger partial charge in [-0.3, -0.25) is 29.8 Å². The minimum absolute atomic E-state index is 0.158. The molecule has 0 aromatic heterocycles. The van der Waals surface area contributed by atoms with E-state index in [1.807, 2.05) is 14.1 Å². The molecular formula is C28H32N6O6S. The lowest BCUT2D eigenvalue weighted by Crippen LogP contribution is -2.46. The first-order valence-electron chi connectivity index (χ1n) is 13.2. The molecule has 13 heteroatoms. The van der Waals surface area contributed by atoms with E-state index in [1.54, 1.807) is 21.9 Å². The van der Waals surface area contributed by atoms with Crippen molar-refractivity contribution in [3.05, 3.63) is 79.9 Å². The number of carbonyl (C=O) groups is 2. The fourth-order valence-electron chi connectivity index (χ4n) is 4.45. The number of benzene rings is 2. The number of likely N-dealkylation sites (N-methyl/N-ethyl adjacent to an activating group) is 2. The molecule has 0 N–H and O–H groups in total. The predicted octanol–water partition coefficient (Wildman–Crippen LogP) is 3.23. The van der Waals surface area contributed by atoms with Crippen molar-refractivity contribution in [3.8, 4) is 0 Å². The van der Waals surface area contributed by atoms with E-state index in [2.05, 4.69) is 9.80 Å². The van der Waals surface area contributed by atoms with Crippen LogP contribution in [0.25, 0.3) is 12.2 Å². The smallest absolute Gasteiger partial charge is 0.283 e. The highest BCUT2D eigenvalue weighted by molar-refractivity contribution is 7.99. The zero-order chi connectivity index (χ0) is 29.5. The van der Waals surface area contributed by atoms with Gasteiger partial charge in [-0.25, -0.2) is 0 Å². The van der Waals surface area contributed by atoms with Crippen molar-refractivity contribution in [2.45, 2.75) is 9.79 Å². The number of piperazine rings is 2. The maximum Gasteiger partial charge on any atom is 0.283 e. The Bertz CT molecular complexity index is 1280. The van der Waals surface area contributed by atoms with Crippen LogP contribution in [0.5, 0.6) is 0 Å². The summed E-state index contributed by atoms with van der Waals surface area (Å²) in [4.78, 5) is 55.8. The molecule has 2 fully saturated rings. The van der Waals surface area contributed by atoms with Crippen LogP contribution in [0.15, 0.2) is 58.3 Å². The van der Waals surface area contributed by atoms with Crippen LogP contribution in [-0.2, 0) is 9.59 Å². The molecule has 41 heavy (non-hydrogen) atoms. The van der Waals surface area contributed by atoms with Gasteiger partial charge in [0.15, 0.2) is 0 Å². The average Bonchev–Trinajstić information content (AvgIpc) is 2.96. The van der Waals surface area contributed by atoms with Crippen LogP contribution in [0.2, 0.25) is 0 Å². The number of nitrogens with zero attached hydrogens (tertiary/aromatic N) is 6. The lowest BCUT2D eigenvalue weighted by molar-refractivity contribution is -0.388. The molecule has 0 spiro atoms. The van der Waals surface area contributed by atoms with Gasteiger partial charge in [0, 0.05) is 76.6 Å². The molecule has 0 radical (unpaired) electrons. The third-order valence-corrected chi connectivity index (χ3v) is 8.18. The van der Waals surface area contributed by atoms with Gasteiger partial charge in [0.25, 0.3) is 11.4 Å². The van der Waals surface area contributed by atoms with E-state index < -0.39 is 9.85 Å². The molecular weight excluding hydrogens is 548 g/mol. The minimum Gasteiger partial charge on any atom is -0.337 e. The highest BCUT2D eigenvalue weighted by atomic mass is 32.2. The topological polar surface area (TPSA) is 133 Å². The van der Waals surface area contributed by atoms with Crippen LogP contribution in [0.3, 0.4) is 0 Å². The van der Waals surface area contributed by atoms with Crippen molar-refractivity contribution in [1.29, 1.82) is 0 Å². The minimum atomic E-state index is -0.547. The highest BCUT2D eigenvalue weighted by Gasteiger charge is 2.22. The molecule has 12 nitrogen and oxygen atoms in total. The monoisotopic (exact) mass is 580 g/mol. The molecule has 2 aromatic carbocycles. The summed E-state index contributed by atoms with van der Waals surface area (Å²) in [5, 5.41) is 23.7. The molecule has 0 atom stereocenters. The van der Waals surface area contributed by atoms with Gasteiger partial charge in [0.05, 0.1) is 19.6 Å². The van der Waals surface area contributed by atoms with Crippen molar-refractivity contribution >= 4 is 47.1 Å². The van der Waals surface area contributed by atoms with E-state index >= 15 is 0 Å². The Morgan fingerprint density at radius 1 is 0.683 bits per heavy atom. The molecule has 0 saturated carbocycles. The van der Waals surface area contributed by atoms with Crippen LogP contribution in [-0.4, -0.2) is 108 Å². The maximum absolute atomic E-state index is 12.5. The van der Waals surface area contributed by atoms with Gasteiger partial charge >= 0.3 is 0 Å². The van der Waals surface area contributed by atoms with Crippen molar-refractivity contribution in [3.63, 3.8) is 0 Å². The van der Waals surface area contributed by atoms with Gasteiger partial charge in [-0.05, 0) is 49.5 Å². The van der Waals surface area contributed by atoms with E-state index in [0.29, 0.717) is 37.3 Å². The quantitative estimate of drug-likeness (QED) is 0.262. The lowest BCUT2D eigenvalue weighted by atomic mass is 10.2. The standard InChI is InChI=1S/C28H32N6O6S/c1-29-11-15-31(16-12-29)27(35)9-5-21-3-7-25(23(19-21)33(37)38)41-26-8-4-22(20-24(26)34(39)40)6-10-28(36)32-17-13-30(2)14-18-32/h3-10,19-20H,11-18H2,1-2H3/b9-5+,10-6+. The largest absolute Gasteiger partial charge is 0.337 e.